The normalized spacial score (nSPS) is 12.8. The van der Waals surface area contributed by atoms with Crippen LogP contribution < -0.4 is 10.2 Å². The molecule has 0 unspecified atom stereocenters. The third-order valence-corrected chi connectivity index (χ3v) is 6.11. The van der Waals surface area contributed by atoms with Crippen molar-refractivity contribution in [3.05, 3.63) is 81.3 Å². The van der Waals surface area contributed by atoms with E-state index in [1.807, 2.05) is 6.07 Å². The molecule has 4 rings (SSSR count). The zero-order valence-electron chi connectivity index (χ0n) is 16.7. The molecule has 2 amide bonds. The minimum Gasteiger partial charge on any atom is -0.465 e. The Morgan fingerprint density at radius 2 is 1.77 bits per heavy atom. The van der Waals surface area contributed by atoms with Crippen molar-refractivity contribution < 1.29 is 23.5 Å². The minimum absolute atomic E-state index is 0.205. The Kier molecular flexibility index (Phi) is 5.81. The van der Waals surface area contributed by atoms with Gasteiger partial charge in [-0.15, -0.1) is 11.3 Å². The fraction of sp³-hybridized carbons (Fsp3) is 0.174. The molecule has 0 bridgehead atoms. The van der Waals surface area contributed by atoms with Crippen LogP contribution in [0.1, 0.15) is 41.7 Å². The first-order valence-electron chi connectivity index (χ1n) is 9.67. The van der Waals surface area contributed by atoms with Crippen molar-refractivity contribution in [1.82, 2.24) is 0 Å². The monoisotopic (exact) mass is 438 g/mol. The fourth-order valence-electron chi connectivity index (χ4n) is 3.54. The molecule has 3 aromatic rings. The summed E-state index contributed by atoms with van der Waals surface area (Å²) >= 11 is 1.09. The number of hydrogen-bond donors (Lipinski definition) is 1. The maximum absolute atomic E-state index is 13.1. The van der Waals surface area contributed by atoms with Crippen LogP contribution in [0.2, 0.25) is 0 Å². The molecular weight excluding hydrogens is 419 g/mol. The summed E-state index contributed by atoms with van der Waals surface area (Å²) in [5.74, 6) is -1.44. The van der Waals surface area contributed by atoms with E-state index in [9.17, 15) is 18.8 Å². The summed E-state index contributed by atoms with van der Waals surface area (Å²) in [5, 5.41) is 2.87. The summed E-state index contributed by atoms with van der Waals surface area (Å²) in [6.45, 7) is 0.534. The first-order chi connectivity index (χ1) is 15.0. The van der Waals surface area contributed by atoms with Crippen molar-refractivity contribution in [3.8, 4) is 0 Å². The van der Waals surface area contributed by atoms with Crippen LogP contribution in [0.3, 0.4) is 0 Å². The summed E-state index contributed by atoms with van der Waals surface area (Å²) in [6, 6.07) is 13.9. The van der Waals surface area contributed by atoms with E-state index in [4.69, 9.17) is 4.74 Å². The molecule has 0 aliphatic carbocycles. The van der Waals surface area contributed by atoms with Gasteiger partial charge in [0, 0.05) is 23.5 Å². The van der Waals surface area contributed by atoms with E-state index in [0.717, 1.165) is 29.0 Å². The maximum Gasteiger partial charge on any atom is 0.348 e. The third kappa shape index (κ3) is 4.20. The van der Waals surface area contributed by atoms with E-state index >= 15 is 0 Å². The number of ether oxygens (including phenoxy) is 1. The van der Waals surface area contributed by atoms with Crippen molar-refractivity contribution in [2.75, 3.05) is 23.9 Å². The van der Waals surface area contributed by atoms with Crippen LogP contribution in [0.25, 0.3) is 0 Å². The molecule has 0 fully saturated rings. The molecule has 0 saturated carbocycles. The van der Waals surface area contributed by atoms with Gasteiger partial charge in [-0.25, -0.2) is 9.18 Å². The van der Waals surface area contributed by atoms with Gasteiger partial charge < -0.3 is 15.0 Å². The van der Waals surface area contributed by atoms with Gasteiger partial charge in [0.1, 0.15) is 10.7 Å². The number of methoxy groups -OCH3 is 1. The van der Waals surface area contributed by atoms with Gasteiger partial charge in [-0.2, -0.15) is 0 Å². The number of esters is 1. The predicted octanol–water partition coefficient (Wildman–Crippen LogP) is 4.52. The van der Waals surface area contributed by atoms with Crippen LogP contribution in [0.4, 0.5) is 15.8 Å². The van der Waals surface area contributed by atoms with Gasteiger partial charge in [0.2, 0.25) is 0 Å². The number of amides is 2. The Labute approximate surface area is 182 Å². The van der Waals surface area contributed by atoms with Gasteiger partial charge in [-0.3, -0.25) is 9.59 Å². The molecule has 0 radical (unpaired) electrons. The van der Waals surface area contributed by atoms with E-state index in [1.165, 1.54) is 31.4 Å². The van der Waals surface area contributed by atoms with E-state index in [0.29, 0.717) is 34.0 Å². The molecule has 8 heteroatoms. The number of nitrogens with one attached hydrogen (secondary N) is 1. The molecule has 1 aliphatic rings. The number of hydrogen-bond acceptors (Lipinski definition) is 5. The maximum atomic E-state index is 13.1. The number of halogens is 1. The van der Waals surface area contributed by atoms with Crippen molar-refractivity contribution in [2.24, 2.45) is 0 Å². The van der Waals surface area contributed by atoms with Gasteiger partial charge in [-0.05, 0) is 66.9 Å². The average Bonchev–Trinajstić information content (AvgIpc) is 3.28. The Morgan fingerprint density at radius 3 is 2.52 bits per heavy atom. The van der Waals surface area contributed by atoms with Crippen molar-refractivity contribution >= 4 is 40.5 Å². The molecule has 1 aliphatic heterocycles. The lowest BCUT2D eigenvalue weighted by atomic mass is 9.99. The van der Waals surface area contributed by atoms with E-state index in [2.05, 4.69) is 5.32 Å². The Balaban J connectivity index is 1.60. The molecule has 0 spiro atoms. The number of rotatable bonds is 4. The average molecular weight is 438 g/mol. The smallest absolute Gasteiger partial charge is 0.348 e. The van der Waals surface area contributed by atoms with Crippen LogP contribution in [-0.2, 0) is 11.2 Å². The van der Waals surface area contributed by atoms with Gasteiger partial charge in [0.15, 0.2) is 0 Å². The third-order valence-electron chi connectivity index (χ3n) is 5.05. The lowest BCUT2D eigenvalue weighted by Crippen LogP contribution is -2.35. The highest BCUT2D eigenvalue weighted by Crippen LogP contribution is 2.34. The summed E-state index contributed by atoms with van der Waals surface area (Å²) in [6.07, 6.45) is 1.44. The van der Waals surface area contributed by atoms with Gasteiger partial charge >= 0.3 is 5.97 Å². The van der Waals surface area contributed by atoms with Crippen LogP contribution >= 0.6 is 11.3 Å². The number of carbonyl (C=O) groups excluding carboxylic acids is 3. The Hall–Kier alpha value is -3.52. The lowest BCUT2D eigenvalue weighted by Gasteiger charge is -2.30. The molecule has 2 heterocycles. The molecule has 158 valence electrons. The SMILES string of the molecule is COC(=O)c1ccc(C(=O)N2CCCc3c(NC(=O)c4ccc(F)cc4)cccc32)s1. The molecule has 2 aromatic carbocycles. The predicted molar refractivity (Wildman–Crippen MR) is 116 cm³/mol. The van der Waals surface area contributed by atoms with Gasteiger partial charge in [0.05, 0.1) is 12.0 Å². The number of benzene rings is 2. The van der Waals surface area contributed by atoms with Crippen molar-refractivity contribution in [3.63, 3.8) is 0 Å². The number of thiophene rings is 1. The standard InChI is InChI=1S/C23H19FN2O4S/c1-30-23(29)20-12-11-19(31-20)22(28)26-13-3-4-16-17(5-2-6-18(16)26)25-21(27)14-7-9-15(24)10-8-14/h2,5-12H,3-4,13H2,1H3,(H,25,27). The Morgan fingerprint density at radius 1 is 1.03 bits per heavy atom. The fourth-order valence-corrected chi connectivity index (χ4v) is 4.42. The molecule has 1 aromatic heterocycles. The molecule has 6 nitrogen and oxygen atoms in total. The minimum atomic E-state index is -0.478. The molecular formula is C23H19FN2O4S. The number of carbonyl (C=O) groups is 3. The van der Waals surface area contributed by atoms with E-state index in [-0.39, 0.29) is 11.8 Å². The summed E-state index contributed by atoms with van der Waals surface area (Å²) in [4.78, 5) is 39.9. The second kappa shape index (κ2) is 8.69. The number of fused-ring (bicyclic) bond motifs is 1. The molecule has 31 heavy (non-hydrogen) atoms. The molecule has 0 saturated heterocycles. The zero-order chi connectivity index (χ0) is 22.0. The van der Waals surface area contributed by atoms with Crippen molar-refractivity contribution in [1.29, 1.82) is 0 Å². The van der Waals surface area contributed by atoms with E-state index in [1.54, 1.807) is 29.2 Å². The topological polar surface area (TPSA) is 75.7 Å². The zero-order valence-corrected chi connectivity index (χ0v) is 17.5. The summed E-state index contributed by atoms with van der Waals surface area (Å²) < 4.78 is 17.8. The first kappa shape index (κ1) is 20.7. The van der Waals surface area contributed by atoms with Crippen LogP contribution in [0.15, 0.2) is 54.6 Å². The summed E-state index contributed by atoms with van der Waals surface area (Å²) in [5.41, 5.74) is 2.55. The van der Waals surface area contributed by atoms with Crippen LogP contribution in [0.5, 0.6) is 0 Å². The molecule has 0 atom stereocenters. The van der Waals surface area contributed by atoms with Crippen molar-refractivity contribution in [2.45, 2.75) is 12.8 Å². The van der Waals surface area contributed by atoms with Crippen LogP contribution in [0, 0.1) is 5.82 Å². The van der Waals surface area contributed by atoms with Crippen LogP contribution in [-0.4, -0.2) is 31.4 Å². The number of anilines is 2. The number of nitrogens with zero attached hydrogens (tertiary/aromatic N) is 1. The van der Waals surface area contributed by atoms with Gasteiger partial charge in [0.25, 0.3) is 11.8 Å². The Bertz CT molecular complexity index is 1160. The highest BCUT2D eigenvalue weighted by molar-refractivity contribution is 7.16. The largest absolute Gasteiger partial charge is 0.465 e. The highest BCUT2D eigenvalue weighted by atomic mass is 32.1. The first-order valence-corrected chi connectivity index (χ1v) is 10.5. The quantitative estimate of drug-likeness (QED) is 0.608. The van der Waals surface area contributed by atoms with Gasteiger partial charge in [-0.1, -0.05) is 6.07 Å². The van der Waals surface area contributed by atoms with E-state index < -0.39 is 11.8 Å². The lowest BCUT2D eigenvalue weighted by molar-refractivity contribution is 0.0606. The highest BCUT2D eigenvalue weighted by Gasteiger charge is 2.27. The summed E-state index contributed by atoms with van der Waals surface area (Å²) in [7, 11) is 1.30. The second-order valence-electron chi connectivity index (χ2n) is 6.98. The molecule has 1 N–H and O–H groups in total. The second-order valence-corrected chi connectivity index (χ2v) is 8.06.